The molecule has 4 nitrogen and oxygen atoms in total. The molecule has 2 N–H and O–H groups in total. The van der Waals surface area contributed by atoms with Crippen molar-refractivity contribution in [2.45, 2.75) is 12.3 Å². The van der Waals surface area contributed by atoms with Gasteiger partial charge in [-0.2, -0.15) is 0 Å². The van der Waals surface area contributed by atoms with Crippen LogP contribution in [0.2, 0.25) is 0 Å². The van der Waals surface area contributed by atoms with Crippen molar-refractivity contribution in [1.82, 2.24) is 5.32 Å². The van der Waals surface area contributed by atoms with Crippen molar-refractivity contribution in [1.29, 1.82) is 0 Å². The number of halogens is 1. The molecule has 0 saturated heterocycles. The van der Waals surface area contributed by atoms with E-state index in [2.05, 4.69) is 11.9 Å². The maximum atomic E-state index is 13.1. The number of carbonyl (C=O) groups excluding carboxylic acids is 1. The van der Waals surface area contributed by atoms with E-state index in [4.69, 9.17) is 5.11 Å². The largest absolute Gasteiger partial charge is 0.481 e. The lowest BCUT2D eigenvalue weighted by atomic mass is 9.94. The molecule has 1 aromatic rings. The molecule has 0 aliphatic heterocycles. The van der Waals surface area contributed by atoms with Crippen molar-refractivity contribution in [3.05, 3.63) is 48.3 Å². The summed E-state index contributed by atoms with van der Waals surface area (Å²) in [5, 5.41) is 11.3. The number of nitrogens with one attached hydrogen (secondary N) is 1. The molecule has 0 saturated carbocycles. The van der Waals surface area contributed by atoms with Crippen molar-refractivity contribution in [2.24, 2.45) is 0 Å². The van der Waals surface area contributed by atoms with Crippen LogP contribution in [0.25, 0.3) is 0 Å². The average molecular weight is 251 g/mol. The van der Waals surface area contributed by atoms with Crippen LogP contribution >= 0.6 is 0 Å². The molecule has 5 heteroatoms. The van der Waals surface area contributed by atoms with Crippen LogP contribution in [0.1, 0.15) is 17.9 Å². The Morgan fingerprint density at radius 3 is 2.78 bits per heavy atom. The van der Waals surface area contributed by atoms with Gasteiger partial charge in [0.05, 0.1) is 12.3 Å². The van der Waals surface area contributed by atoms with Gasteiger partial charge in [-0.15, -0.1) is 6.58 Å². The fourth-order valence-electron chi connectivity index (χ4n) is 1.56. The molecule has 1 rings (SSSR count). The van der Waals surface area contributed by atoms with Gasteiger partial charge in [-0.3, -0.25) is 9.59 Å². The van der Waals surface area contributed by atoms with Gasteiger partial charge >= 0.3 is 5.97 Å². The average Bonchev–Trinajstić information content (AvgIpc) is 2.32. The van der Waals surface area contributed by atoms with Gasteiger partial charge in [-0.25, -0.2) is 4.39 Å². The van der Waals surface area contributed by atoms with Gasteiger partial charge in [-0.05, 0) is 17.7 Å². The lowest BCUT2D eigenvalue weighted by molar-refractivity contribution is -0.139. The topological polar surface area (TPSA) is 66.4 Å². The number of rotatable bonds is 6. The Kier molecular flexibility index (Phi) is 5.05. The van der Waals surface area contributed by atoms with E-state index < -0.39 is 23.6 Å². The van der Waals surface area contributed by atoms with Gasteiger partial charge in [0, 0.05) is 6.54 Å². The summed E-state index contributed by atoms with van der Waals surface area (Å²) < 4.78 is 13.1. The van der Waals surface area contributed by atoms with E-state index in [0.29, 0.717) is 5.56 Å². The Morgan fingerprint density at radius 1 is 1.50 bits per heavy atom. The third kappa shape index (κ3) is 4.01. The summed E-state index contributed by atoms with van der Waals surface area (Å²) in [7, 11) is 0. The van der Waals surface area contributed by atoms with Crippen LogP contribution in [0.4, 0.5) is 4.39 Å². The highest BCUT2D eigenvalue weighted by Gasteiger charge is 2.23. The van der Waals surface area contributed by atoms with Gasteiger partial charge in [0.2, 0.25) is 5.91 Å². The highest BCUT2D eigenvalue weighted by molar-refractivity contribution is 5.87. The molecule has 0 spiro atoms. The van der Waals surface area contributed by atoms with Crippen LogP contribution in [-0.2, 0) is 9.59 Å². The van der Waals surface area contributed by atoms with Crippen LogP contribution in [0.5, 0.6) is 0 Å². The Hall–Kier alpha value is -2.17. The first-order valence-electron chi connectivity index (χ1n) is 5.40. The fourth-order valence-corrected chi connectivity index (χ4v) is 1.56. The molecule has 1 unspecified atom stereocenters. The van der Waals surface area contributed by atoms with E-state index in [1.807, 2.05) is 0 Å². The Morgan fingerprint density at radius 2 is 2.22 bits per heavy atom. The minimum atomic E-state index is -1.11. The van der Waals surface area contributed by atoms with Crippen molar-refractivity contribution >= 4 is 11.9 Å². The summed E-state index contributed by atoms with van der Waals surface area (Å²) in [6, 6.07) is 5.38. The Balaban J connectivity index is 2.93. The van der Waals surface area contributed by atoms with E-state index >= 15 is 0 Å². The van der Waals surface area contributed by atoms with Crippen molar-refractivity contribution in [3.8, 4) is 0 Å². The molecule has 1 aromatic carbocycles. The van der Waals surface area contributed by atoms with Gasteiger partial charge in [0.15, 0.2) is 0 Å². The smallest absolute Gasteiger partial charge is 0.304 e. The van der Waals surface area contributed by atoms with Crippen LogP contribution in [0.3, 0.4) is 0 Å². The number of hydrogen-bond acceptors (Lipinski definition) is 2. The highest BCUT2D eigenvalue weighted by atomic mass is 19.1. The summed E-state index contributed by atoms with van der Waals surface area (Å²) in [6.07, 6.45) is 1.10. The van der Waals surface area contributed by atoms with Crippen molar-refractivity contribution < 1.29 is 19.1 Å². The zero-order chi connectivity index (χ0) is 13.5. The van der Waals surface area contributed by atoms with Crippen molar-refractivity contribution in [3.63, 3.8) is 0 Å². The number of carbonyl (C=O) groups is 2. The van der Waals surface area contributed by atoms with Gasteiger partial charge in [-0.1, -0.05) is 18.2 Å². The molecular formula is C13H14FNO3. The molecule has 0 radical (unpaired) electrons. The second kappa shape index (κ2) is 6.54. The summed E-state index contributed by atoms with van der Waals surface area (Å²) in [4.78, 5) is 22.6. The lowest BCUT2D eigenvalue weighted by Gasteiger charge is -2.14. The molecule has 0 aliphatic rings. The predicted octanol–water partition coefficient (Wildman–Crippen LogP) is 1.69. The second-order valence-electron chi connectivity index (χ2n) is 3.74. The number of carboxylic acid groups (broad SMARTS) is 1. The zero-order valence-electron chi connectivity index (χ0n) is 9.73. The molecule has 0 heterocycles. The quantitative estimate of drug-likeness (QED) is 0.756. The third-order valence-corrected chi connectivity index (χ3v) is 2.37. The summed E-state index contributed by atoms with van der Waals surface area (Å²) in [5.74, 6) is -2.97. The summed E-state index contributed by atoms with van der Waals surface area (Å²) in [5.41, 5.74) is 0.346. The van der Waals surface area contributed by atoms with E-state index in [9.17, 15) is 14.0 Å². The van der Waals surface area contributed by atoms with Crippen molar-refractivity contribution in [2.75, 3.05) is 6.54 Å². The molecule has 0 aromatic heterocycles. The minimum absolute atomic E-state index is 0.240. The standard InChI is InChI=1S/C13H14FNO3/c1-2-6-15-13(18)11(8-12(16)17)9-4-3-5-10(14)7-9/h2-5,7,11H,1,6,8H2,(H,15,18)(H,16,17). The SMILES string of the molecule is C=CCNC(=O)C(CC(=O)O)c1cccc(F)c1. The molecular weight excluding hydrogens is 237 g/mol. The zero-order valence-corrected chi connectivity index (χ0v) is 9.73. The predicted molar refractivity (Wildman–Crippen MR) is 64.6 cm³/mol. The first-order chi connectivity index (χ1) is 8.54. The third-order valence-electron chi connectivity index (χ3n) is 2.37. The normalized spacial score (nSPS) is 11.6. The first-order valence-corrected chi connectivity index (χ1v) is 5.40. The van der Waals surface area contributed by atoms with Crippen LogP contribution < -0.4 is 5.32 Å². The van der Waals surface area contributed by atoms with Gasteiger partial charge in [0.25, 0.3) is 0 Å². The molecule has 0 bridgehead atoms. The van der Waals surface area contributed by atoms with Crippen LogP contribution in [0, 0.1) is 5.82 Å². The van der Waals surface area contributed by atoms with Gasteiger partial charge in [0.1, 0.15) is 5.82 Å². The molecule has 0 fully saturated rings. The fraction of sp³-hybridized carbons (Fsp3) is 0.231. The number of hydrogen-bond donors (Lipinski definition) is 2. The molecule has 18 heavy (non-hydrogen) atoms. The number of carboxylic acids is 1. The second-order valence-corrected chi connectivity index (χ2v) is 3.74. The summed E-state index contributed by atoms with van der Waals surface area (Å²) in [6.45, 7) is 3.69. The number of benzene rings is 1. The minimum Gasteiger partial charge on any atom is -0.481 e. The first kappa shape index (κ1) is 13.9. The lowest BCUT2D eigenvalue weighted by Crippen LogP contribution is -2.30. The Bertz CT molecular complexity index is 459. The molecule has 96 valence electrons. The monoisotopic (exact) mass is 251 g/mol. The number of amides is 1. The van der Waals surface area contributed by atoms with E-state index in [-0.39, 0.29) is 13.0 Å². The van der Waals surface area contributed by atoms with E-state index in [0.717, 1.165) is 0 Å². The van der Waals surface area contributed by atoms with Crippen LogP contribution in [0.15, 0.2) is 36.9 Å². The van der Waals surface area contributed by atoms with E-state index in [1.54, 1.807) is 0 Å². The summed E-state index contributed by atoms with van der Waals surface area (Å²) >= 11 is 0. The maximum Gasteiger partial charge on any atom is 0.304 e. The molecule has 1 amide bonds. The molecule has 1 atom stereocenters. The number of aliphatic carboxylic acids is 1. The molecule has 0 aliphatic carbocycles. The maximum absolute atomic E-state index is 13.1. The Labute approximate surface area is 104 Å². The van der Waals surface area contributed by atoms with E-state index in [1.165, 1.54) is 30.3 Å². The highest BCUT2D eigenvalue weighted by Crippen LogP contribution is 2.20. The van der Waals surface area contributed by atoms with Gasteiger partial charge < -0.3 is 10.4 Å². The van der Waals surface area contributed by atoms with Crippen LogP contribution in [-0.4, -0.2) is 23.5 Å².